The van der Waals surface area contributed by atoms with E-state index < -0.39 is 6.10 Å². The lowest BCUT2D eigenvalue weighted by Gasteiger charge is -2.14. The number of rotatable bonds is 7. The van der Waals surface area contributed by atoms with Crippen molar-refractivity contribution < 1.29 is 5.11 Å². The number of halogens is 2. The van der Waals surface area contributed by atoms with E-state index >= 15 is 0 Å². The molecular formula is C20H19Br2N3O. The third kappa shape index (κ3) is 4.26. The van der Waals surface area contributed by atoms with Crippen LogP contribution in [0.2, 0.25) is 0 Å². The summed E-state index contributed by atoms with van der Waals surface area (Å²) in [7, 11) is 0. The van der Waals surface area contributed by atoms with Crippen LogP contribution in [0.3, 0.4) is 0 Å². The van der Waals surface area contributed by atoms with Crippen molar-refractivity contribution in [2.45, 2.75) is 12.6 Å². The Bertz CT molecular complexity index is 932. The Hall–Kier alpha value is -1.89. The number of allylic oxidation sites excluding steroid dienone is 1. The first-order valence-electron chi connectivity index (χ1n) is 8.18. The Kier molecular flexibility index (Phi) is 6.29. The van der Waals surface area contributed by atoms with E-state index in [-0.39, 0.29) is 0 Å². The average molecular weight is 477 g/mol. The van der Waals surface area contributed by atoms with Gasteiger partial charge in [0.1, 0.15) is 0 Å². The molecule has 26 heavy (non-hydrogen) atoms. The van der Waals surface area contributed by atoms with Crippen LogP contribution in [0.4, 0.5) is 0 Å². The zero-order valence-corrected chi connectivity index (χ0v) is 17.2. The predicted molar refractivity (Wildman–Crippen MR) is 117 cm³/mol. The molecule has 0 fully saturated rings. The molecule has 1 heterocycles. The molecular weight excluding hydrogens is 458 g/mol. The standard InChI is InChI=1S/C20H19Br2N3O/c1-2-7-23-8-9-24-12-16(26)13-25-19-5-3-14(21)10-17(19)18-11-15(22)4-6-20(18)25/h2-11,16,24,26H,1,12-13H2/b9-8+,23-7-. The van der Waals surface area contributed by atoms with E-state index in [0.29, 0.717) is 13.1 Å². The van der Waals surface area contributed by atoms with Gasteiger partial charge in [-0.05, 0) is 36.4 Å². The molecule has 0 amide bonds. The second kappa shape index (κ2) is 8.66. The maximum absolute atomic E-state index is 10.5. The van der Waals surface area contributed by atoms with E-state index in [1.807, 2.05) is 12.1 Å². The van der Waals surface area contributed by atoms with Gasteiger partial charge in [0.25, 0.3) is 0 Å². The number of aliphatic imine (C=N–C) groups is 1. The Balaban J connectivity index is 1.85. The molecule has 2 aromatic carbocycles. The minimum atomic E-state index is -0.533. The fourth-order valence-corrected chi connectivity index (χ4v) is 3.65. The van der Waals surface area contributed by atoms with Crippen LogP contribution >= 0.6 is 31.9 Å². The summed E-state index contributed by atoms with van der Waals surface area (Å²) in [5, 5.41) is 15.8. The van der Waals surface area contributed by atoms with Gasteiger partial charge in [0.05, 0.1) is 12.6 Å². The van der Waals surface area contributed by atoms with Gasteiger partial charge in [0.15, 0.2) is 0 Å². The number of nitrogens with one attached hydrogen (secondary N) is 1. The van der Waals surface area contributed by atoms with Gasteiger partial charge in [-0.15, -0.1) is 0 Å². The highest BCUT2D eigenvalue weighted by Crippen LogP contribution is 2.33. The van der Waals surface area contributed by atoms with Crippen molar-refractivity contribution >= 4 is 59.9 Å². The highest BCUT2D eigenvalue weighted by molar-refractivity contribution is 9.10. The highest BCUT2D eigenvalue weighted by atomic mass is 79.9. The van der Waals surface area contributed by atoms with Gasteiger partial charge in [-0.2, -0.15) is 0 Å². The lowest BCUT2D eigenvalue weighted by molar-refractivity contribution is 0.158. The molecule has 4 nitrogen and oxygen atoms in total. The summed E-state index contributed by atoms with van der Waals surface area (Å²) in [5.74, 6) is 0. The normalized spacial score (nSPS) is 13.2. The van der Waals surface area contributed by atoms with Gasteiger partial charge in [-0.1, -0.05) is 44.5 Å². The molecule has 0 saturated carbocycles. The second-order valence-electron chi connectivity index (χ2n) is 5.85. The van der Waals surface area contributed by atoms with Crippen LogP contribution in [0.25, 0.3) is 21.8 Å². The van der Waals surface area contributed by atoms with Crippen molar-refractivity contribution in [2.24, 2.45) is 4.99 Å². The topological polar surface area (TPSA) is 49.6 Å². The summed E-state index contributed by atoms with van der Waals surface area (Å²) in [5.41, 5.74) is 2.21. The molecule has 0 aliphatic heterocycles. The molecule has 0 bridgehead atoms. The summed E-state index contributed by atoms with van der Waals surface area (Å²) in [4.78, 5) is 3.98. The van der Waals surface area contributed by atoms with Gasteiger partial charge in [0.2, 0.25) is 0 Å². The van der Waals surface area contributed by atoms with Crippen molar-refractivity contribution in [2.75, 3.05) is 6.54 Å². The Morgan fingerprint density at radius 1 is 1.12 bits per heavy atom. The van der Waals surface area contributed by atoms with Crippen LogP contribution in [-0.4, -0.2) is 28.5 Å². The third-order valence-corrected chi connectivity index (χ3v) is 4.99. The molecule has 1 aromatic heterocycles. The molecule has 134 valence electrons. The van der Waals surface area contributed by atoms with Gasteiger partial charge in [0, 0.05) is 55.9 Å². The maximum Gasteiger partial charge on any atom is 0.0891 e. The Morgan fingerprint density at radius 2 is 1.73 bits per heavy atom. The van der Waals surface area contributed by atoms with E-state index in [9.17, 15) is 5.11 Å². The largest absolute Gasteiger partial charge is 0.389 e. The molecule has 6 heteroatoms. The summed E-state index contributed by atoms with van der Waals surface area (Å²) in [6.07, 6.45) is 6.02. The Labute approximate surface area is 169 Å². The van der Waals surface area contributed by atoms with Gasteiger partial charge in [-0.3, -0.25) is 4.99 Å². The minimum absolute atomic E-state index is 0.439. The fourth-order valence-electron chi connectivity index (χ4n) is 2.93. The number of benzene rings is 2. The number of nitrogens with zero attached hydrogens (tertiary/aromatic N) is 2. The number of aromatic nitrogens is 1. The van der Waals surface area contributed by atoms with E-state index in [0.717, 1.165) is 30.8 Å². The molecule has 3 rings (SSSR count). The molecule has 0 radical (unpaired) electrons. The van der Waals surface area contributed by atoms with E-state index in [1.165, 1.54) is 0 Å². The number of hydrogen-bond donors (Lipinski definition) is 2. The van der Waals surface area contributed by atoms with Crippen molar-refractivity contribution in [1.29, 1.82) is 0 Å². The van der Waals surface area contributed by atoms with E-state index in [2.05, 4.69) is 77.6 Å². The van der Waals surface area contributed by atoms with Gasteiger partial charge >= 0.3 is 0 Å². The minimum Gasteiger partial charge on any atom is -0.389 e. The van der Waals surface area contributed by atoms with E-state index in [4.69, 9.17) is 0 Å². The van der Waals surface area contributed by atoms with Crippen LogP contribution in [0.15, 0.2) is 75.4 Å². The van der Waals surface area contributed by atoms with Crippen LogP contribution in [0.5, 0.6) is 0 Å². The number of hydrogen-bond acceptors (Lipinski definition) is 3. The number of aliphatic hydroxyl groups excluding tert-OH is 1. The fraction of sp³-hybridized carbons (Fsp3) is 0.150. The van der Waals surface area contributed by atoms with Crippen molar-refractivity contribution in [1.82, 2.24) is 9.88 Å². The molecule has 0 saturated heterocycles. The number of aliphatic hydroxyl groups is 1. The van der Waals surface area contributed by atoms with Crippen LogP contribution in [0, 0.1) is 0 Å². The highest BCUT2D eigenvalue weighted by Gasteiger charge is 2.14. The van der Waals surface area contributed by atoms with Crippen LogP contribution in [-0.2, 0) is 6.54 Å². The molecule has 2 N–H and O–H groups in total. The lowest BCUT2D eigenvalue weighted by Crippen LogP contribution is -2.27. The predicted octanol–water partition coefficient (Wildman–Crippen LogP) is 5.00. The molecule has 0 aliphatic carbocycles. The monoisotopic (exact) mass is 475 g/mol. The molecule has 1 unspecified atom stereocenters. The molecule has 0 spiro atoms. The summed E-state index contributed by atoms with van der Waals surface area (Å²) < 4.78 is 4.24. The van der Waals surface area contributed by atoms with Crippen molar-refractivity contribution in [3.05, 3.63) is 70.4 Å². The molecule has 1 atom stereocenters. The third-order valence-electron chi connectivity index (χ3n) is 4.01. The van der Waals surface area contributed by atoms with Gasteiger partial charge < -0.3 is 15.0 Å². The number of fused-ring (bicyclic) bond motifs is 3. The molecule has 0 aliphatic rings. The quantitative estimate of drug-likeness (QED) is 0.471. The average Bonchev–Trinajstić information content (AvgIpc) is 2.90. The first-order valence-corrected chi connectivity index (χ1v) is 9.76. The van der Waals surface area contributed by atoms with Crippen LogP contribution in [0.1, 0.15) is 0 Å². The second-order valence-corrected chi connectivity index (χ2v) is 7.68. The SMILES string of the molecule is C=C/C=N\C=C\NCC(O)Cn1c2ccc(Br)cc2c2cc(Br)ccc21. The van der Waals surface area contributed by atoms with Crippen molar-refractivity contribution in [3.8, 4) is 0 Å². The zero-order valence-electron chi connectivity index (χ0n) is 14.1. The maximum atomic E-state index is 10.5. The van der Waals surface area contributed by atoms with Gasteiger partial charge in [-0.25, -0.2) is 0 Å². The molecule has 3 aromatic rings. The van der Waals surface area contributed by atoms with E-state index in [1.54, 1.807) is 24.7 Å². The zero-order chi connectivity index (χ0) is 18.5. The lowest BCUT2D eigenvalue weighted by atomic mass is 10.2. The van der Waals surface area contributed by atoms with Crippen LogP contribution < -0.4 is 5.32 Å². The first-order chi connectivity index (χ1) is 12.6. The summed E-state index contributed by atoms with van der Waals surface area (Å²) >= 11 is 7.10. The first kappa shape index (κ1) is 18.9. The summed E-state index contributed by atoms with van der Waals surface area (Å²) in [6.45, 7) is 4.50. The van der Waals surface area contributed by atoms with Crippen molar-refractivity contribution in [3.63, 3.8) is 0 Å². The summed E-state index contributed by atoms with van der Waals surface area (Å²) in [6, 6.07) is 12.4. The Morgan fingerprint density at radius 3 is 2.31 bits per heavy atom. The smallest absolute Gasteiger partial charge is 0.0891 e.